The minimum atomic E-state index is -0.300. The van der Waals surface area contributed by atoms with E-state index < -0.39 is 0 Å². The van der Waals surface area contributed by atoms with Gasteiger partial charge in [-0.1, -0.05) is 81.4 Å². The lowest BCUT2D eigenvalue weighted by molar-refractivity contribution is -0.123. The molecule has 3 aromatic carbocycles. The van der Waals surface area contributed by atoms with E-state index in [9.17, 15) is 4.79 Å². The van der Waals surface area contributed by atoms with Crippen LogP contribution in [-0.2, 0) is 10.2 Å². The first-order valence-corrected chi connectivity index (χ1v) is 8.96. The van der Waals surface area contributed by atoms with Crippen molar-refractivity contribution in [2.75, 3.05) is 6.61 Å². The monoisotopic (exact) mass is 360 g/mol. The number of carbonyl (C=O) groups is 1. The third kappa shape index (κ3) is 4.94. The van der Waals surface area contributed by atoms with Gasteiger partial charge in [0.15, 0.2) is 6.61 Å². The average Bonchev–Trinajstić information content (AvgIpc) is 2.66. The van der Waals surface area contributed by atoms with E-state index in [1.54, 1.807) is 6.21 Å². The maximum absolute atomic E-state index is 12.0. The summed E-state index contributed by atoms with van der Waals surface area (Å²) in [6, 6.07) is 21.8. The molecule has 0 spiro atoms. The summed E-state index contributed by atoms with van der Waals surface area (Å²) in [6.45, 7) is 6.43. The third-order valence-corrected chi connectivity index (χ3v) is 4.29. The number of hydrogen-bond acceptors (Lipinski definition) is 3. The molecular weight excluding hydrogens is 336 g/mol. The molecule has 4 nitrogen and oxygen atoms in total. The van der Waals surface area contributed by atoms with Crippen molar-refractivity contribution in [1.29, 1.82) is 0 Å². The highest BCUT2D eigenvalue weighted by atomic mass is 16.5. The maximum atomic E-state index is 12.0. The summed E-state index contributed by atoms with van der Waals surface area (Å²) in [4.78, 5) is 12.0. The highest BCUT2D eigenvalue weighted by Crippen LogP contribution is 2.25. The first kappa shape index (κ1) is 18.6. The molecule has 27 heavy (non-hydrogen) atoms. The SMILES string of the molecule is CC(C)(C)c1ccc(/C=N/NC(=O)COc2cccc3ccccc23)cc1. The number of amides is 1. The molecule has 0 radical (unpaired) electrons. The predicted octanol–water partition coefficient (Wildman–Crippen LogP) is 4.67. The van der Waals surface area contributed by atoms with Crippen LogP contribution in [0.3, 0.4) is 0 Å². The second-order valence-electron chi connectivity index (χ2n) is 7.43. The Hall–Kier alpha value is -3.14. The van der Waals surface area contributed by atoms with Crippen molar-refractivity contribution in [2.24, 2.45) is 5.10 Å². The normalized spacial score (nSPS) is 11.7. The van der Waals surface area contributed by atoms with Crippen molar-refractivity contribution < 1.29 is 9.53 Å². The van der Waals surface area contributed by atoms with Gasteiger partial charge in [0.2, 0.25) is 0 Å². The number of benzene rings is 3. The van der Waals surface area contributed by atoms with E-state index >= 15 is 0 Å². The molecule has 0 atom stereocenters. The standard InChI is InChI=1S/C23H24N2O2/c1-23(2,3)19-13-11-17(12-14-19)15-24-25-22(26)16-27-21-10-6-8-18-7-4-5-9-20(18)21/h4-15H,16H2,1-3H3,(H,25,26)/b24-15+. The number of nitrogens with zero attached hydrogens (tertiary/aromatic N) is 1. The summed E-state index contributed by atoms with van der Waals surface area (Å²) in [7, 11) is 0. The zero-order chi connectivity index (χ0) is 19.3. The van der Waals surface area contributed by atoms with E-state index in [4.69, 9.17) is 4.74 Å². The summed E-state index contributed by atoms with van der Waals surface area (Å²) in [5, 5.41) is 6.06. The predicted molar refractivity (Wildman–Crippen MR) is 110 cm³/mol. The lowest BCUT2D eigenvalue weighted by atomic mass is 9.87. The van der Waals surface area contributed by atoms with Crippen LogP contribution in [0.25, 0.3) is 10.8 Å². The molecule has 1 amide bonds. The fraction of sp³-hybridized carbons (Fsp3) is 0.217. The van der Waals surface area contributed by atoms with Crippen molar-refractivity contribution in [3.63, 3.8) is 0 Å². The van der Waals surface area contributed by atoms with Gasteiger partial charge in [-0.05, 0) is 28.0 Å². The Morgan fingerprint density at radius 3 is 2.44 bits per heavy atom. The van der Waals surface area contributed by atoms with Gasteiger partial charge in [0, 0.05) is 5.39 Å². The highest BCUT2D eigenvalue weighted by molar-refractivity contribution is 5.89. The maximum Gasteiger partial charge on any atom is 0.277 e. The Balaban J connectivity index is 1.54. The summed E-state index contributed by atoms with van der Waals surface area (Å²) in [5.41, 5.74) is 4.80. The topological polar surface area (TPSA) is 50.7 Å². The van der Waals surface area contributed by atoms with Gasteiger partial charge in [-0.3, -0.25) is 4.79 Å². The van der Waals surface area contributed by atoms with Crippen LogP contribution in [0.4, 0.5) is 0 Å². The Morgan fingerprint density at radius 1 is 1.00 bits per heavy atom. The molecule has 0 aliphatic rings. The zero-order valence-corrected chi connectivity index (χ0v) is 15.9. The molecule has 1 N–H and O–H groups in total. The van der Waals surface area contributed by atoms with Gasteiger partial charge in [0.25, 0.3) is 5.91 Å². The first-order valence-electron chi connectivity index (χ1n) is 8.96. The van der Waals surface area contributed by atoms with Crippen molar-refractivity contribution in [3.8, 4) is 5.75 Å². The van der Waals surface area contributed by atoms with Crippen LogP contribution in [0.5, 0.6) is 5.75 Å². The Bertz CT molecular complexity index is 949. The molecule has 0 fully saturated rings. The van der Waals surface area contributed by atoms with Crippen LogP contribution in [0.2, 0.25) is 0 Å². The minimum Gasteiger partial charge on any atom is -0.483 e. The molecule has 0 saturated heterocycles. The molecule has 138 valence electrons. The smallest absolute Gasteiger partial charge is 0.277 e. The highest BCUT2D eigenvalue weighted by Gasteiger charge is 2.12. The van der Waals surface area contributed by atoms with Gasteiger partial charge in [-0.2, -0.15) is 5.10 Å². The fourth-order valence-corrected chi connectivity index (χ4v) is 2.75. The van der Waals surface area contributed by atoms with E-state index in [0.717, 1.165) is 16.3 Å². The van der Waals surface area contributed by atoms with E-state index in [1.165, 1.54) is 5.56 Å². The number of ether oxygens (including phenoxy) is 1. The second kappa shape index (κ2) is 8.04. The zero-order valence-electron chi connectivity index (χ0n) is 15.9. The largest absolute Gasteiger partial charge is 0.483 e. The van der Waals surface area contributed by atoms with Gasteiger partial charge >= 0.3 is 0 Å². The fourth-order valence-electron chi connectivity index (χ4n) is 2.75. The number of carbonyl (C=O) groups excluding carboxylic acids is 1. The van der Waals surface area contributed by atoms with Gasteiger partial charge in [0.05, 0.1) is 6.21 Å². The van der Waals surface area contributed by atoms with Gasteiger partial charge in [0.1, 0.15) is 5.75 Å². The number of nitrogens with one attached hydrogen (secondary N) is 1. The minimum absolute atomic E-state index is 0.0890. The molecule has 3 aromatic rings. The molecule has 0 aliphatic heterocycles. The van der Waals surface area contributed by atoms with Crippen LogP contribution in [0.15, 0.2) is 71.8 Å². The number of rotatable bonds is 5. The van der Waals surface area contributed by atoms with Crippen molar-refractivity contribution in [1.82, 2.24) is 5.43 Å². The van der Waals surface area contributed by atoms with Crippen LogP contribution < -0.4 is 10.2 Å². The van der Waals surface area contributed by atoms with Gasteiger partial charge < -0.3 is 4.74 Å². The molecule has 0 aliphatic carbocycles. The lowest BCUT2D eigenvalue weighted by Crippen LogP contribution is -2.24. The molecule has 3 rings (SSSR count). The van der Waals surface area contributed by atoms with Crippen LogP contribution in [0, 0.1) is 0 Å². The number of fused-ring (bicyclic) bond motifs is 1. The summed E-state index contributed by atoms with van der Waals surface area (Å²) >= 11 is 0. The summed E-state index contributed by atoms with van der Waals surface area (Å²) < 4.78 is 5.65. The average molecular weight is 360 g/mol. The molecule has 0 bridgehead atoms. The van der Waals surface area contributed by atoms with Gasteiger partial charge in [-0.25, -0.2) is 5.43 Å². The first-order chi connectivity index (χ1) is 12.9. The van der Waals surface area contributed by atoms with Crippen LogP contribution in [0.1, 0.15) is 31.9 Å². The summed E-state index contributed by atoms with van der Waals surface area (Å²) in [5.74, 6) is 0.385. The van der Waals surface area contributed by atoms with Crippen molar-refractivity contribution in [2.45, 2.75) is 26.2 Å². The molecule has 4 heteroatoms. The Labute approximate surface area is 159 Å². The van der Waals surface area contributed by atoms with E-state index in [-0.39, 0.29) is 17.9 Å². The van der Waals surface area contributed by atoms with Crippen molar-refractivity contribution >= 4 is 22.9 Å². The number of hydrazone groups is 1. The molecular formula is C23H24N2O2. The van der Waals surface area contributed by atoms with Crippen molar-refractivity contribution in [3.05, 3.63) is 77.9 Å². The Kier molecular flexibility index (Phi) is 5.55. The van der Waals surface area contributed by atoms with Crippen LogP contribution >= 0.6 is 0 Å². The van der Waals surface area contributed by atoms with E-state index in [2.05, 4.69) is 43.4 Å². The van der Waals surface area contributed by atoms with Gasteiger partial charge in [-0.15, -0.1) is 0 Å². The third-order valence-electron chi connectivity index (χ3n) is 4.29. The molecule has 0 unspecified atom stereocenters. The number of hydrogen-bond donors (Lipinski definition) is 1. The quantitative estimate of drug-likeness (QED) is 0.531. The van der Waals surface area contributed by atoms with E-state index in [0.29, 0.717) is 5.75 Å². The molecule has 0 saturated carbocycles. The van der Waals surface area contributed by atoms with Crippen LogP contribution in [-0.4, -0.2) is 18.7 Å². The second-order valence-corrected chi connectivity index (χ2v) is 7.43. The Morgan fingerprint density at radius 2 is 1.70 bits per heavy atom. The molecule has 0 aromatic heterocycles. The van der Waals surface area contributed by atoms with E-state index in [1.807, 2.05) is 54.6 Å². The summed E-state index contributed by atoms with van der Waals surface area (Å²) in [6.07, 6.45) is 1.63. The lowest BCUT2D eigenvalue weighted by Gasteiger charge is -2.18. The molecule has 0 heterocycles.